The van der Waals surface area contributed by atoms with Crippen LogP contribution in [0.25, 0.3) is 21.5 Å². The van der Waals surface area contributed by atoms with Crippen LogP contribution in [0.2, 0.25) is 0 Å². The van der Waals surface area contributed by atoms with Crippen molar-refractivity contribution in [3.8, 4) is 0 Å². The molecule has 0 bridgehead atoms. The predicted molar refractivity (Wildman–Crippen MR) is 164 cm³/mol. The van der Waals surface area contributed by atoms with Gasteiger partial charge in [-0.15, -0.1) is 9.34 Å². The van der Waals surface area contributed by atoms with Gasteiger partial charge in [-0.05, 0) is 45.2 Å². The molecule has 1 fully saturated rings. The Hall–Kier alpha value is -3.64. The van der Waals surface area contributed by atoms with E-state index in [0.29, 0.717) is 26.2 Å². The zero-order chi connectivity index (χ0) is 28.2. The second kappa shape index (κ2) is 12.1. The van der Waals surface area contributed by atoms with Crippen LogP contribution in [0, 0.1) is 0 Å². The van der Waals surface area contributed by atoms with E-state index in [4.69, 9.17) is 4.74 Å². The van der Waals surface area contributed by atoms with Gasteiger partial charge in [0.15, 0.2) is 7.94 Å². The van der Waals surface area contributed by atoms with E-state index in [9.17, 15) is 4.79 Å². The van der Waals surface area contributed by atoms with Gasteiger partial charge in [0, 0.05) is 0 Å². The number of carbonyl (C=O) groups is 1. The molecule has 1 saturated heterocycles. The molecule has 1 heterocycles. The van der Waals surface area contributed by atoms with Gasteiger partial charge in [0.2, 0.25) is 0 Å². The minimum atomic E-state index is -3.37. The number of fused-ring (bicyclic) bond motifs is 2. The third kappa shape index (κ3) is 5.89. The van der Waals surface area contributed by atoms with Crippen molar-refractivity contribution >= 4 is 35.5 Å². The smallest absolute Gasteiger partial charge is 0.326 e. The maximum atomic E-state index is 15.1. The molecular weight excluding hydrogens is 529 g/mol. The first-order valence-electron chi connectivity index (χ1n) is 14.0. The number of benzene rings is 5. The van der Waals surface area contributed by atoms with Gasteiger partial charge in [-0.25, -0.2) is 0 Å². The fourth-order valence-corrected chi connectivity index (χ4v) is 8.31. The monoisotopic (exact) mass is 563 g/mol. The van der Waals surface area contributed by atoms with E-state index in [1.165, 1.54) is 0 Å². The maximum absolute atomic E-state index is 15.1. The maximum Gasteiger partial charge on any atom is 0.326 e. The Kier molecular flexibility index (Phi) is 8.11. The fourth-order valence-electron chi connectivity index (χ4n) is 5.61. The molecular formula is C34H34N3O3P. The molecule has 0 aliphatic carbocycles. The van der Waals surface area contributed by atoms with Crippen LogP contribution in [0.3, 0.4) is 0 Å². The number of nitrogens with one attached hydrogen (secondary N) is 1. The first-order valence-corrected chi connectivity index (χ1v) is 15.6. The summed E-state index contributed by atoms with van der Waals surface area (Å²) >= 11 is 0. The van der Waals surface area contributed by atoms with Gasteiger partial charge in [0.25, 0.3) is 0 Å². The molecule has 0 aromatic heterocycles. The van der Waals surface area contributed by atoms with Gasteiger partial charge in [-0.1, -0.05) is 115 Å². The SMILES string of the molecule is C[C@@H](N[P+]1([O-])N(Cc2cccc3ccccc23)CCN1Cc1cccc2ccccc12)C(=O)OCc1ccccc1. The Bertz CT molecular complexity index is 1560. The van der Waals surface area contributed by atoms with E-state index in [0.717, 1.165) is 38.2 Å². The van der Waals surface area contributed by atoms with Crippen molar-refractivity contribution in [2.24, 2.45) is 0 Å². The topological polar surface area (TPSA) is 67.9 Å². The van der Waals surface area contributed by atoms with E-state index in [1.807, 2.05) is 76.1 Å². The van der Waals surface area contributed by atoms with Crippen molar-refractivity contribution in [2.75, 3.05) is 13.1 Å². The molecule has 7 heteroatoms. The lowest BCUT2D eigenvalue weighted by Gasteiger charge is -2.40. The van der Waals surface area contributed by atoms with Crippen LogP contribution in [-0.2, 0) is 29.2 Å². The Morgan fingerprint density at radius 1 is 0.756 bits per heavy atom. The number of hydrogen-bond donors (Lipinski definition) is 1. The highest BCUT2D eigenvalue weighted by atomic mass is 31.2. The van der Waals surface area contributed by atoms with Crippen molar-refractivity contribution < 1.29 is 14.4 Å². The van der Waals surface area contributed by atoms with E-state index >= 15 is 4.89 Å². The molecule has 5 aromatic carbocycles. The van der Waals surface area contributed by atoms with Gasteiger partial charge < -0.3 is 9.63 Å². The molecule has 0 unspecified atom stereocenters. The van der Waals surface area contributed by atoms with E-state index < -0.39 is 20.0 Å². The highest BCUT2D eigenvalue weighted by Crippen LogP contribution is 2.59. The van der Waals surface area contributed by atoms with E-state index in [2.05, 4.69) is 53.6 Å². The zero-order valence-corrected chi connectivity index (χ0v) is 24.0. The van der Waals surface area contributed by atoms with Crippen LogP contribution in [0.15, 0.2) is 115 Å². The van der Waals surface area contributed by atoms with Gasteiger partial charge in [-0.3, -0.25) is 4.79 Å². The van der Waals surface area contributed by atoms with Crippen molar-refractivity contribution in [2.45, 2.75) is 32.7 Å². The van der Waals surface area contributed by atoms with Gasteiger partial charge >= 0.3 is 5.97 Å². The second-order valence-corrected chi connectivity index (χ2v) is 13.0. The molecule has 0 amide bonds. The summed E-state index contributed by atoms with van der Waals surface area (Å²) in [5.74, 6) is -0.425. The van der Waals surface area contributed by atoms with Crippen LogP contribution in [0.1, 0.15) is 23.6 Å². The minimum Gasteiger partial charge on any atom is -0.636 e. The summed E-state index contributed by atoms with van der Waals surface area (Å²) < 4.78 is 9.64. The van der Waals surface area contributed by atoms with Crippen molar-refractivity contribution in [3.63, 3.8) is 0 Å². The Morgan fingerprint density at radius 3 is 1.80 bits per heavy atom. The largest absolute Gasteiger partial charge is 0.636 e. The fraction of sp³-hybridized carbons (Fsp3) is 0.206. The molecule has 1 atom stereocenters. The molecule has 1 aliphatic rings. The first-order chi connectivity index (χ1) is 20.0. The van der Waals surface area contributed by atoms with Crippen LogP contribution in [0.5, 0.6) is 0 Å². The number of hydrogen-bond acceptors (Lipinski definition) is 6. The summed E-state index contributed by atoms with van der Waals surface area (Å²) in [5, 5.41) is 7.85. The summed E-state index contributed by atoms with van der Waals surface area (Å²) in [5.41, 5.74) is 3.13. The molecule has 6 nitrogen and oxygen atoms in total. The molecule has 0 saturated carbocycles. The van der Waals surface area contributed by atoms with E-state index in [-0.39, 0.29) is 6.61 Å². The zero-order valence-electron chi connectivity index (χ0n) is 23.1. The summed E-state index contributed by atoms with van der Waals surface area (Å²) in [6, 6.07) is 37.8. The lowest BCUT2D eigenvalue weighted by atomic mass is 10.0. The van der Waals surface area contributed by atoms with Gasteiger partial charge in [0.1, 0.15) is 12.6 Å². The molecule has 0 spiro atoms. The number of carbonyl (C=O) groups excluding carboxylic acids is 1. The van der Waals surface area contributed by atoms with Crippen LogP contribution >= 0.6 is 7.94 Å². The highest BCUT2D eigenvalue weighted by Gasteiger charge is 2.49. The van der Waals surface area contributed by atoms with Gasteiger partial charge in [-0.2, -0.15) is 5.09 Å². The van der Waals surface area contributed by atoms with Crippen molar-refractivity contribution in [3.05, 3.63) is 132 Å². The number of esters is 1. The molecule has 5 aromatic rings. The lowest BCUT2D eigenvalue weighted by Crippen LogP contribution is -2.48. The third-order valence-electron chi connectivity index (χ3n) is 7.79. The second-order valence-electron chi connectivity index (χ2n) is 10.5. The van der Waals surface area contributed by atoms with Crippen LogP contribution < -0.4 is 9.98 Å². The standard InChI is InChI=1S/C34H34N3O3P/c1-26(34(38)40-25-27-11-3-2-4-12-27)35-41(39)36(23-30-17-9-15-28-13-5-7-19-32(28)30)21-22-37(41)24-31-18-10-16-29-14-6-8-20-33(29)31/h2-20,26H,21-25H2,1H3,(H,35,39)/t26-/m1/s1. The Labute approximate surface area is 241 Å². The molecule has 41 heavy (non-hydrogen) atoms. The first kappa shape index (κ1) is 27.5. The van der Waals surface area contributed by atoms with Crippen molar-refractivity contribution in [1.82, 2.24) is 14.4 Å². The molecule has 0 radical (unpaired) electrons. The summed E-state index contributed by atoms with van der Waals surface area (Å²) in [4.78, 5) is 28.2. The molecule has 6 rings (SSSR count). The average molecular weight is 564 g/mol. The number of rotatable bonds is 9. The van der Waals surface area contributed by atoms with Crippen LogP contribution in [-0.4, -0.2) is 34.4 Å². The highest BCUT2D eigenvalue weighted by molar-refractivity contribution is 7.62. The van der Waals surface area contributed by atoms with E-state index in [1.54, 1.807) is 6.92 Å². The predicted octanol–water partition coefficient (Wildman–Crippen LogP) is 6.07. The number of nitrogens with zero attached hydrogens (tertiary/aromatic N) is 2. The molecule has 208 valence electrons. The quantitative estimate of drug-likeness (QED) is 0.174. The minimum absolute atomic E-state index is 0.176. The van der Waals surface area contributed by atoms with Crippen molar-refractivity contribution in [1.29, 1.82) is 0 Å². The number of ether oxygens (including phenoxy) is 1. The third-order valence-corrected chi connectivity index (χ3v) is 10.7. The summed E-state index contributed by atoms with van der Waals surface area (Å²) in [7, 11) is -3.37. The summed E-state index contributed by atoms with van der Waals surface area (Å²) in [6.07, 6.45) is 0. The van der Waals surface area contributed by atoms with Gasteiger partial charge in [0.05, 0.1) is 26.2 Å². The lowest BCUT2D eigenvalue weighted by molar-refractivity contribution is -0.196. The molecule has 1 N–H and O–H groups in total. The molecule has 1 aliphatic heterocycles. The Balaban J connectivity index is 1.28. The average Bonchev–Trinajstić information content (AvgIpc) is 3.30. The summed E-state index contributed by atoms with van der Waals surface area (Å²) in [6.45, 7) is 4.15. The van der Waals surface area contributed by atoms with Crippen LogP contribution in [0.4, 0.5) is 0 Å². The normalized spacial score (nSPS) is 16.2. The Morgan fingerprint density at radius 2 is 1.24 bits per heavy atom.